The van der Waals surface area contributed by atoms with E-state index in [4.69, 9.17) is 9.72 Å². The largest absolute Gasteiger partial charge is 0.378 e. The van der Waals surface area contributed by atoms with Crippen LogP contribution in [0.5, 0.6) is 0 Å². The zero-order chi connectivity index (χ0) is 19.3. The first-order valence-corrected chi connectivity index (χ1v) is 10.9. The van der Waals surface area contributed by atoms with Gasteiger partial charge in [-0.25, -0.2) is 15.0 Å². The molecule has 0 unspecified atom stereocenters. The smallest absolute Gasteiger partial charge is 0.252 e. The molecule has 0 aliphatic carbocycles. The molecule has 28 heavy (non-hydrogen) atoms. The van der Waals surface area contributed by atoms with E-state index >= 15 is 0 Å². The number of nitrogens with zero attached hydrogens (tertiary/aromatic N) is 5. The summed E-state index contributed by atoms with van der Waals surface area (Å²) in [7, 11) is 0. The Morgan fingerprint density at radius 2 is 2.04 bits per heavy atom. The van der Waals surface area contributed by atoms with Crippen LogP contribution in [0.25, 0.3) is 0 Å². The first kappa shape index (κ1) is 19.4. The van der Waals surface area contributed by atoms with Crippen molar-refractivity contribution in [2.24, 2.45) is 0 Å². The summed E-state index contributed by atoms with van der Waals surface area (Å²) in [5.74, 6) is 0.936. The van der Waals surface area contributed by atoms with Crippen LogP contribution in [-0.4, -0.2) is 70.5 Å². The monoisotopic (exact) mass is 402 g/mol. The van der Waals surface area contributed by atoms with E-state index in [9.17, 15) is 4.79 Å². The summed E-state index contributed by atoms with van der Waals surface area (Å²) < 4.78 is 5.40. The highest BCUT2D eigenvalue weighted by Crippen LogP contribution is 2.27. The first-order chi connectivity index (χ1) is 13.7. The third-order valence-corrected chi connectivity index (χ3v) is 5.83. The maximum atomic E-state index is 12.2. The van der Waals surface area contributed by atoms with Gasteiger partial charge in [0.1, 0.15) is 0 Å². The molecule has 2 aliphatic rings. The third-order valence-electron chi connectivity index (χ3n) is 5.25. The Bertz CT molecular complexity index is 837. The van der Waals surface area contributed by atoms with Gasteiger partial charge in [-0.1, -0.05) is 11.8 Å². The summed E-state index contributed by atoms with van der Waals surface area (Å²) in [5, 5.41) is 0.795. The molecule has 8 nitrogen and oxygen atoms in total. The predicted molar refractivity (Wildman–Crippen MR) is 109 cm³/mol. The number of piperidine rings is 1. The Balaban J connectivity index is 1.46. The first-order valence-electron chi connectivity index (χ1n) is 9.72. The fraction of sp³-hybridized carbons (Fsp3) is 0.579. The van der Waals surface area contributed by atoms with E-state index in [1.807, 2.05) is 18.6 Å². The SMILES string of the molecule is CSc1ncc(CN2CCC[C@@H](c3cc(=O)[nH]c(N4CCOCC4)n3)C2)cn1. The number of hydrogen-bond acceptors (Lipinski definition) is 8. The molecule has 2 saturated heterocycles. The number of ether oxygens (including phenoxy) is 1. The van der Waals surface area contributed by atoms with Gasteiger partial charge >= 0.3 is 0 Å². The maximum absolute atomic E-state index is 12.2. The molecule has 1 atom stereocenters. The van der Waals surface area contributed by atoms with E-state index in [-0.39, 0.29) is 11.5 Å². The fourth-order valence-electron chi connectivity index (χ4n) is 3.83. The second-order valence-electron chi connectivity index (χ2n) is 7.25. The molecule has 0 spiro atoms. The molecular formula is C19H26N6O2S. The van der Waals surface area contributed by atoms with Gasteiger partial charge in [-0.15, -0.1) is 0 Å². The highest BCUT2D eigenvalue weighted by Gasteiger charge is 2.24. The summed E-state index contributed by atoms with van der Waals surface area (Å²) in [6.07, 6.45) is 7.94. The van der Waals surface area contributed by atoms with Crippen LogP contribution in [0.2, 0.25) is 0 Å². The fourth-order valence-corrected chi connectivity index (χ4v) is 4.14. The molecule has 4 rings (SSSR count). The lowest BCUT2D eigenvalue weighted by Gasteiger charge is -2.33. The molecule has 0 saturated carbocycles. The molecule has 2 aliphatic heterocycles. The molecule has 4 heterocycles. The van der Waals surface area contributed by atoms with Crippen molar-refractivity contribution >= 4 is 17.7 Å². The lowest BCUT2D eigenvalue weighted by Crippen LogP contribution is -2.39. The number of aromatic amines is 1. The van der Waals surface area contributed by atoms with Gasteiger partial charge in [-0.2, -0.15) is 0 Å². The minimum atomic E-state index is -0.0790. The van der Waals surface area contributed by atoms with Gasteiger partial charge in [0, 0.05) is 56.1 Å². The van der Waals surface area contributed by atoms with Gasteiger partial charge in [0.05, 0.1) is 18.9 Å². The second-order valence-corrected chi connectivity index (χ2v) is 8.02. The number of nitrogens with one attached hydrogen (secondary N) is 1. The van der Waals surface area contributed by atoms with Gasteiger partial charge < -0.3 is 9.64 Å². The van der Waals surface area contributed by atoms with E-state index in [0.29, 0.717) is 19.2 Å². The molecule has 0 aromatic carbocycles. The lowest BCUT2D eigenvalue weighted by atomic mass is 9.94. The molecule has 9 heteroatoms. The molecule has 0 radical (unpaired) electrons. The number of thioether (sulfide) groups is 1. The molecular weight excluding hydrogens is 376 g/mol. The van der Waals surface area contributed by atoms with Crippen LogP contribution in [-0.2, 0) is 11.3 Å². The van der Waals surface area contributed by atoms with Gasteiger partial charge in [-0.05, 0) is 25.6 Å². The van der Waals surface area contributed by atoms with Crippen LogP contribution in [0.3, 0.4) is 0 Å². The van der Waals surface area contributed by atoms with Gasteiger partial charge in [0.2, 0.25) is 5.95 Å². The van der Waals surface area contributed by atoms with Crippen LogP contribution < -0.4 is 10.5 Å². The van der Waals surface area contributed by atoms with E-state index in [0.717, 1.165) is 62.0 Å². The Morgan fingerprint density at radius 3 is 2.79 bits per heavy atom. The number of hydrogen-bond donors (Lipinski definition) is 1. The lowest BCUT2D eigenvalue weighted by molar-refractivity contribution is 0.122. The van der Waals surface area contributed by atoms with Crippen LogP contribution in [0.15, 0.2) is 28.4 Å². The van der Waals surface area contributed by atoms with Crippen LogP contribution in [0, 0.1) is 0 Å². The number of H-pyrrole nitrogens is 1. The normalized spacial score (nSPS) is 21.0. The summed E-state index contributed by atoms with van der Waals surface area (Å²) in [6.45, 7) is 5.61. The van der Waals surface area contributed by atoms with Crippen LogP contribution >= 0.6 is 11.8 Å². The average Bonchev–Trinajstić information content (AvgIpc) is 2.75. The Hall–Kier alpha value is -1.97. The van der Waals surface area contributed by atoms with Gasteiger partial charge in [0.15, 0.2) is 5.16 Å². The third kappa shape index (κ3) is 4.71. The standard InChI is InChI=1S/C19H26N6O2S/c1-28-19-20-10-14(11-21-19)12-24-4-2-3-15(13-24)16-9-17(26)23-18(22-16)25-5-7-27-8-6-25/h9-11,15H,2-8,12-13H2,1H3,(H,22,23,26)/t15-/m1/s1. The number of likely N-dealkylation sites (tertiary alicyclic amines) is 1. The minimum Gasteiger partial charge on any atom is -0.378 e. The van der Waals surface area contributed by atoms with Crippen molar-refractivity contribution in [3.05, 3.63) is 40.1 Å². The molecule has 2 aromatic heterocycles. The molecule has 150 valence electrons. The van der Waals surface area contributed by atoms with Crippen molar-refractivity contribution in [1.82, 2.24) is 24.8 Å². The second kappa shape index (κ2) is 9.02. The summed E-state index contributed by atoms with van der Waals surface area (Å²) >= 11 is 1.55. The van der Waals surface area contributed by atoms with Crippen molar-refractivity contribution < 1.29 is 4.74 Å². The summed E-state index contributed by atoms with van der Waals surface area (Å²) in [5.41, 5.74) is 1.93. The Morgan fingerprint density at radius 1 is 1.25 bits per heavy atom. The van der Waals surface area contributed by atoms with Crippen LogP contribution in [0.1, 0.15) is 30.0 Å². The molecule has 2 fully saturated rings. The van der Waals surface area contributed by atoms with Gasteiger partial charge in [-0.3, -0.25) is 14.7 Å². The zero-order valence-electron chi connectivity index (χ0n) is 16.1. The topological polar surface area (TPSA) is 87.2 Å². The van der Waals surface area contributed by atoms with E-state index in [2.05, 4.69) is 24.8 Å². The predicted octanol–water partition coefficient (Wildman–Crippen LogP) is 1.50. The van der Waals surface area contributed by atoms with Crippen molar-refractivity contribution in [2.45, 2.75) is 30.5 Å². The van der Waals surface area contributed by atoms with Crippen LogP contribution in [0.4, 0.5) is 5.95 Å². The van der Waals surface area contributed by atoms with E-state index in [1.54, 1.807) is 17.8 Å². The van der Waals surface area contributed by atoms with Gasteiger partial charge in [0.25, 0.3) is 5.56 Å². The van der Waals surface area contributed by atoms with Crippen molar-refractivity contribution in [3.63, 3.8) is 0 Å². The van der Waals surface area contributed by atoms with Crippen molar-refractivity contribution in [2.75, 3.05) is 50.5 Å². The number of aromatic nitrogens is 4. The molecule has 0 bridgehead atoms. The number of morpholine rings is 1. The number of rotatable bonds is 5. The van der Waals surface area contributed by atoms with Crippen molar-refractivity contribution in [1.29, 1.82) is 0 Å². The summed E-state index contributed by atoms with van der Waals surface area (Å²) in [4.78, 5) is 33.2. The summed E-state index contributed by atoms with van der Waals surface area (Å²) in [6, 6.07) is 1.66. The number of anilines is 1. The van der Waals surface area contributed by atoms with Crippen molar-refractivity contribution in [3.8, 4) is 0 Å². The molecule has 1 N–H and O–H groups in total. The molecule has 0 amide bonds. The average molecular weight is 403 g/mol. The Kier molecular flexibility index (Phi) is 6.23. The Labute approximate surface area is 168 Å². The minimum absolute atomic E-state index is 0.0790. The van der Waals surface area contributed by atoms with E-state index < -0.39 is 0 Å². The van der Waals surface area contributed by atoms with E-state index in [1.165, 1.54) is 0 Å². The highest BCUT2D eigenvalue weighted by molar-refractivity contribution is 7.98. The highest BCUT2D eigenvalue weighted by atomic mass is 32.2. The maximum Gasteiger partial charge on any atom is 0.252 e. The quantitative estimate of drug-likeness (QED) is 0.595. The molecule has 2 aromatic rings. The zero-order valence-corrected chi connectivity index (χ0v) is 17.0.